The molecule has 34 heavy (non-hydrogen) atoms. The van der Waals surface area contributed by atoms with Gasteiger partial charge in [0.2, 0.25) is 0 Å². The maximum atomic E-state index is 12.5. The van der Waals surface area contributed by atoms with Crippen LogP contribution in [0.4, 0.5) is 0 Å². The zero-order chi connectivity index (χ0) is 24.3. The van der Waals surface area contributed by atoms with Crippen LogP contribution in [0.15, 0.2) is 78.4 Å². The molecule has 1 amide bonds. The van der Waals surface area contributed by atoms with Gasteiger partial charge >= 0.3 is 0 Å². The molecule has 0 saturated heterocycles. The van der Waals surface area contributed by atoms with Crippen LogP contribution in [0, 0.1) is 3.57 Å². The fourth-order valence-electron chi connectivity index (χ4n) is 3.25. The zero-order valence-corrected chi connectivity index (χ0v) is 21.4. The molecule has 0 radical (unpaired) electrons. The summed E-state index contributed by atoms with van der Waals surface area (Å²) in [4.78, 5) is 12.5. The van der Waals surface area contributed by atoms with Gasteiger partial charge in [-0.25, -0.2) is 5.43 Å². The van der Waals surface area contributed by atoms with Crippen molar-refractivity contribution in [2.24, 2.45) is 5.10 Å². The van der Waals surface area contributed by atoms with E-state index in [2.05, 4.69) is 39.7 Å². The van der Waals surface area contributed by atoms with E-state index >= 15 is 0 Å². The number of hydrogen-bond acceptors (Lipinski definition) is 5. The van der Waals surface area contributed by atoms with Gasteiger partial charge in [-0.2, -0.15) is 5.10 Å². The molecular formula is C27H27IN2O4. The molecule has 0 bridgehead atoms. The molecule has 3 aromatic rings. The van der Waals surface area contributed by atoms with Gasteiger partial charge in [-0.05, 0) is 77.4 Å². The number of ether oxygens (including phenoxy) is 3. The second-order valence-corrected chi connectivity index (χ2v) is 8.42. The highest BCUT2D eigenvalue weighted by Crippen LogP contribution is 2.34. The molecule has 3 aromatic carbocycles. The molecule has 0 aliphatic heterocycles. The Morgan fingerprint density at radius 2 is 1.88 bits per heavy atom. The van der Waals surface area contributed by atoms with Crippen molar-refractivity contribution in [3.05, 3.63) is 99.1 Å². The Labute approximate surface area is 213 Å². The molecule has 0 aromatic heterocycles. The van der Waals surface area contributed by atoms with E-state index in [1.807, 2.05) is 61.5 Å². The number of nitrogens with one attached hydrogen (secondary N) is 1. The number of hydrazone groups is 1. The summed E-state index contributed by atoms with van der Waals surface area (Å²) in [6.07, 6.45) is 3.99. The van der Waals surface area contributed by atoms with Crippen molar-refractivity contribution in [1.29, 1.82) is 0 Å². The number of halogens is 1. The molecule has 0 saturated carbocycles. The highest BCUT2D eigenvalue weighted by Gasteiger charge is 2.14. The predicted molar refractivity (Wildman–Crippen MR) is 143 cm³/mol. The Balaban J connectivity index is 1.80. The number of benzene rings is 3. The highest BCUT2D eigenvalue weighted by molar-refractivity contribution is 14.1. The zero-order valence-electron chi connectivity index (χ0n) is 19.2. The largest absolute Gasteiger partial charge is 0.496 e. The van der Waals surface area contributed by atoms with Crippen LogP contribution >= 0.6 is 22.6 Å². The van der Waals surface area contributed by atoms with Gasteiger partial charge in [-0.3, -0.25) is 4.79 Å². The molecule has 6 nitrogen and oxygen atoms in total. The van der Waals surface area contributed by atoms with Gasteiger partial charge in [0.05, 0.1) is 23.5 Å². The Morgan fingerprint density at radius 3 is 2.59 bits per heavy atom. The first-order valence-electron chi connectivity index (χ1n) is 10.8. The number of carbonyl (C=O) groups excluding carboxylic acids is 1. The summed E-state index contributed by atoms with van der Waals surface area (Å²) in [5, 5.41) is 4.13. The van der Waals surface area contributed by atoms with Crippen LogP contribution in [0.5, 0.6) is 17.2 Å². The molecule has 0 fully saturated rings. The predicted octanol–water partition coefficient (Wildman–Crippen LogP) is 5.77. The second kappa shape index (κ2) is 12.8. The summed E-state index contributed by atoms with van der Waals surface area (Å²) in [5.41, 5.74) is 5.78. The molecular weight excluding hydrogens is 543 g/mol. The third-order valence-electron chi connectivity index (χ3n) is 4.84. The molecule has 7 heteroatoms. The van der Waals surface area contributed by atoms with Crippen LogP contribution in [0.1, 0.15) is 34.0 Å². The first-order chi connectivity index (χ1) is 16.5. The van der Waals surface area contributed by atoms with E-state index < -0.39 is 0 Å². The highest BCUT2D eigenvalue weighted by atomic mass is 127. The number of nitrogens with zero attached hydrogens (tertiary/aromatic N) is 1. The van der Waals surface area contributed by atoms with E-state index in [9.17, 15) is 4.79 Å². The first-order valence-corrected chi connectivity index (χ1v) is 11.9. The van der Waals surface area contributed by atoms with Gasteiger partial charge in [-0.15, -0.1) is 6.58 Å². The normalized spacial score (nSPS) is 10.7. The SMILES string of the molecule is C=CCc1cc(/C=N\NC(=O)c2ccc(I)c(OC)c2)cc(OCC)c1OCc1ccccc1. The summed E-state index contributed by atoms with van der Waals surface area (Å²) >= 11 is 2.15. The standard InChI is InChI=1S/C27H27IN2O4/c1-4-9-21-14-20(17-29-30-27(31)22-12-13-23(28)24(16-22)32-3)15-25(33-5-2)26(21)34-18-19-10-7-6-8-11-19/h4,6-8,10-17H,1,5,9,18H2,2-3H3,(H,30,31)/b29-17-. The summed E-state index contributed by atoms with van der Waals surface area (Å²) in [6.45, 7) is 6.70. The lowest BCUT2D eigenvalue weighted by atomic mass is 10.1. The minimum absolute atomic E-state index is 0.329. The molecule has 0 spiro atoms. The van der Waals surface area contributed by atoms with E-state index in [4.69, 9.17) is 14.2 Å². The van der Waals surface area contributed by atoms with Gasteiger partial charge in [0.1, 0.15) is 12.4 Å². The molecule has 0 atom stereocenters. The van der Waals surface area contributed by atoms with Gasteiger partial charge in [0.15, 0.2) is 11.5 Å². The molecule has 3 rings (SSSR count). The summed E-state index contributed by atoms with van der Waals surface area (Å²) in [5.74, 6) is 1.61. The van der Waals surface area contributed by atoms with Crippen molar-refractivity contribution in [2.75, 3.05) is 13.7 Å². The third kappa shape index (κ3) is 6.84. The fraction of sp³-hybridized carbons (Fsp3) is 0.185. The van der Waals surface area contributed by atoms with Crippen molar-refractivity contribution in [3.8, 4) is 17.2 Å². The number of carbonyl (C=O) groups is 1. The lowest BCUT2D eigenvalue weighted by Gasteiger charge is -2.16. The second-order valence-electron chi connectivity index (χ2n) is 7.26. The number of allylic oxidation sites excluding steroid dienone is 1. The molecule has 0 aliphatic carbocycles. The quantitative estimate of drug-likeness (QED) is 0.138. The summed E-state index contributed by atoms with van der Waals surface area (Å²) in [7, 11) is 1.57. The number of methoxy groups -OCH3 is 1. The summed E-state index contributed by atoms with van der Waals surface area (Å²) < 4.78 is 18.2. The van der Waals surface area contributed by atoms with E-state index in [-0.39, 0.29) is 5.91 Å². The van der Waals surface area contributed by atoms with Crippen LogP contribution in [0.2, 0.25) is 0 Å². The van der Waals surface area contributed by atoms with Crippen LogP contribution in [0.25, 0.3) is 0 Å². The van der Waals surface area contributed by atoms with E-state index in [0.29, 0.717) is 42.4 Å². The van der Waals surface area contributed by atoms with Crippen LogP contribution in [-0.4, -0.2) is 25.8 Å². The Kier molecular flexibility index (Phi) is 9.51. The molecule has 176 valence electrons. The van der Waals surface area contributed by atoms with Gasteiger partial charge in [-0.1, -0.05) is 36.4 Å². The Morgan fingerprint density at radius 1 is 1.09 bits per heavy atom. The van der Waals surface area contributed by atoms with E-state index in [1.165, 1.54) is 0 Å². The monoisotopic (exact) mass is 570 g/mol. The van der Waals surface area contributed by atoms with Gasteiger partial charge in [0, 0.05) is 11.1 Å². The fourth-order valence-corrected chi connectivity index (χ4v) is 3.81. The minimum atomic E-state index is -0.329. The smallest absolute Gasteiger partial charge is 0.271 e. The van der Waals surface area contributed by atoms with Crippen molar-refractivity contribution < 1.29 is 19.0 Å². The number of rotatable bonds is 11. The van der Waals surface area contributed by atoms with E-state index in [0.717, 1.165) is 20.3 Å². The molecule has 1 N–H and O–H groups in total. The molecule has 0 unspecified atom stereocenters. The van der Waals surface area contributed by atoms with E-state index in [1.54, 1.807) is 25.5 Å². The molecule has 0 aliphatic rings. The summed E-state index contributed by atoms with van der Waals surface area (Å²) in [6, 6.07) is 19.0. The van der Waals surface area contributed by atoms with Crippen LogP contribution < -0.4 is 19.6 Å². The maximum Gasteiger partial charge on any atom is 0.271 e. The third-order valence-corrected chi connectivity index (χ3v) is 5.73. The Hall–Kier alpha value is -3.33. The van der Waals surface area contributed by atoms with Crippen molar-refractivity contribution >= 4 is 34.7 Å². The van der Waals surface area contributed by atoms with Gasteiger partial charge < -0.3 is 14.2 Å². The average molecular weight is 570 g/mol. The Bertz CT molecular complexity index is 1160. The van der Waals surface area contributed by atoms with Crippen LogP contribution in [-0.2, 0) is 13.0 Å². The molecule has 0 heterocycles. The van der Waals surface area contributed by atoms with Crippen molar-refractivity contribution in [2.45, 2.75) is 20.0 Å². The maximum absolute atomic E-state index is 12.5. The van der Waals surface area contributed by atoms with Crippen molar-refractivity contribution in [1.82, 2.24) is 5.43 Å². The van der Waals surface area contributed by atoms with Crippen LogP contribution in [0.3, 0.4) is 0 Å². The van der Waals surface area contributed by atoms with Crippen molar-refractivity contribution in [3.63, 3.8) is 0 Å². The minimum Gasteiger partial charge on any atom is -0.496 e. The first kappa shape index (κ1) is 25.3. The van der Waals surface area contributed by atoms with Gasteiger partial charge in [0.25, 0.3) is 5.91 Å². The lowest BCUT2D eigenvalue weighted by molar-refractivity contribution is 0.0954. The number of amides is 1. The topological polar surface area (TPSA) is 69.2 Å². The number of hydrogen-bond donors (Lipinski definition) is 1. The lowest BCUT2D eigenvalue weighted by Crippen LogP contribution is -2.17. The average Bonchev–Trinajstić information content (AvgIpc) is 2.85.